The van der Waals surface area contributed by atoms with Crippen LogP contribution < -0.4 is 15.4 Å². The van der Waals surface area contributed by atoms with Crippen molar-refractivity contribution in [1.29, 1.82) is 0 Å². The monoisotopic (exact) mass is 309 g/mol. The molecule has 0 bridgehead atoms. The van der Waals surface area contributed by atoms with Crippen molar-refractivity contribution in [3.8, 4) is 5.75 Å². The highest BCUT2D eigenvalue weighted by molar-refractivity contribution is 7.98. The van der Waals surface area contributed by atoms with Gasteiger partial charge in [0, 0.05) is 18.8 Å². The largest absolute Gasteiger partial charge is 0.489 e. The van der Waals surface area contributed by atoms with Gasteiger partial charge < -0.3 is 15.4 Å². The Labute approximate surface area is 132 Å². The summed E-state index contributed by atoms with van der Waals surface area (Å²) in [6.07, 6.45) is 2.15. The summed E-state index contributed by atoms with van der Waals surface area (Å²) in [6.45, 7) is 8.58. The third kappa shape index (κ3) is 7.85. The highest BCUT2D eigenvalue weighted by Gasteiger charge is 2.04. The molecule has 0 saturated carbocycles. The fourth-order valence-electron chi connectivity index (χ4n) is 1.72. The summed E-state index contributed by atoms with van der Waals surface area (Å²) in [7, 11) is 0. The number of aryl methyl sites for hydroxylation is 1. The van der Waals surface area contributed by atoms with Gasteiger partial charge >= 0.3 is 0 Å². The average molecular weight is 309 g/mol. The SMILES string of the molecule is CCNC(=NCC(C)Oc1ccc(C)cc1)NCCSC. The summed E-state index contributed by atoms with van der Waals surface area (Å²) in [6, 6.07) is 8.10. The van der Waals surface area contributed by atoms with Crippen LogP contribution in [0.1, 0.15) is 19.4 Å². The first-order chi connectivity index (χ1) is 10.2. The van der Waals surface area contributed by atoms with E-state index in [0.717, 1.165) is 30.6 Å². The molecule has 0 saturated heterocycles. The van der Waals surface area contributed by atoms with Crippen molar-refractivity contribution >= 4 is 17.7 Å². The molecule has 21 heavy (non-hydrogen) atoms. The van der Waals surface area contributed by atoms with Gasteiger partial charge in [-0.25, -0.2) is 4.99 Å². The highest BCUT2D eigenvalue weighted by Crippen LogP contribution is 2.13. The van der Waals surface area contributed by atoms with E-state index in [1.54, 1.807) is 0 Å². The molecule has 4 nitrogen and oxygen atoms in total. The minimum Gasteiger partial charge on any atom is -0.489 e. The molecule has 1 aromatic carbocycles. The molecule has 0 aromatic heterocycles. The number of nitrogens with one attached hydrogen (secondary N) is 2. The van der Waals surface area contributed by atoms with Crippen molar-refractivity contribution in [2.75, 3.05) is 31.6 Å². The first-order valence-electron chi connectivity index (χ1n) is 7.40. The van der Waals surface area contributed by atoms with E-state index in [1.165, 1.54) is 5.56 Å². The van der Waals surface area contributed by atoms with E-state index in [-0.39, 0.29) is 6.10 Å². The molecule has 1 unspecified atom stereocenters. The standard InChI is InChI=1S/C16H27N3OS/c1-5-17-16(18-10-11-21-4)19-12-14(3)20-15-8-6-13(2)7-9-15/h6-9,14H,5,10-12H2,1-4H3,(H2,17,18,19). The lowest BCUT2D eigenvalue weighted by molar-refractivity contribution is 0.230. The van der Waals surface area contributed by atoms with Crippen LogP contribution in [-0.4, -0.2) is 43.7 Å². The van der Waals surface area contributed by atoms with Crippen molar-refractivity contribution < 1.29 is 4.74 Å². The number of benzene rings is 1. The van der Waals surface area contributed by atoms with E-state index in [2.05, 4.69) is 47.9 Å². The Balaban J connectivity index is 2.44. The maximum absolute atomic E-state index is 5.86. The average Bonchev–Trinajstić information content (AvgIpc) is 2.47. The molecular formula is C16H27N3OS. The molecule has 0 aliphatic carbocycles. The minimum atomic E-state index is 0.0451. The molecule has 0 amide bonds. The maximum atomic E-state index is 5.86. The molecule has 1 atom stereocenters. The van der Waals surface area contributed by atoms with Gasteiger partial charge in [-0.05, 0) is 39.2 Å². The van der Waals surface area contributed by atoms with E-state index < -0.39 is 0 Å². The number of nitrogens with zero attached hydrogens (tertiary/aromatic N) is 1. The molecule has 0 aliphatic heterocycles. The van der Waals surface area contributed by atoms with Gasteiger partial charge in [-0.1, -0.05) is 17.7 Å². The van der Waals surface area contributed by atoms with Crippen molar-refractivity contribution in [1.82, 2.24) is 10.6 Å². The summed E-state index contributed by atoms with van der Waals surface area (Å²) in [5.74, 6) is 2.81. The van der Waals surface area contributed by atoms with Gasteiger partial charge in [0.25, 0.3) is 0 Å². The van der Waals surface area contributed by atoms with Gasteiger partial charge in [-0.15, -0.1) is 0 Å². The number of hydrogen-bond acceptors (Lipinski definition) is 3. The highest BCUT2D eigenvalue weighted by atomic mass is 32.2. The summed E-state index contributed by atoms with van der Waals surface area (Å²) in [5.41, 5.74) is 1.24. The molecular weight excluding hydrogens is 282 g/mol. The number of aliphatic imine (C=N–C) groups is 1. The molecule has 2 N–H and O–H groups in total. The van der Waals surface area contributed by atoms with E-state index in [1.807, 2.05) is 30.8 Å². The fraction of sp³-hybridized carbons (Fsp3) is 0.562. The molecule has 0 spiro atoms. The Morgan fingerprint density at radius 2 is 2.00 bits per heavy atom. The van der Waals surface area contributed by atoms with Crippen LogP contribution in [0, 0.1) is 6.92 Å². The molecule has 1 aromatic rings. The Hall–Kier alpha value is -1.36. The van der Waals surface area contributed by atoms with Crippen LogP contribution >= 0.6 is 11.8 Å². The minimum absolute atomic E-state index is 0.0451. The molecule has 5 heteroatoms. The van der Waals surface area contributed by atoms with Crippen molar-refractivity contribution in [3.63, 3.8) is 0 Å². The zero-order chi connectivity index (χ0) is 15.5. The first kappa shape index (κ1) is 17.7. The third-order valence-electron chi connectivity index (χ3n) is 2.81. The number of hydrogen-bond donors (Lipinski definition) is 2. The molecule has 0 aliphatic rings. The van der Waals surface area contributed by atoms with Crippen molar-refractivity contribution in [3.05, 3.63) is 29.8 Å². The van der Waals surface area contributed by atoms with Crippen LogP contribution in [0.15, 0.2) is 29.3 Å². The molecule has 118 valence electrons. The molecule has 1 rings (SSSR count). The second kappa shape index (κ2) is 10.4. The lowest BCUT2D eigenvalue weighted by atomic mass is 10.2. The molecule has 0 heterocycles. The van der Waals surface area contributed by atoms with Gasteiger partial charge in [0.1, 0.15) is 11.9 Å². The Kier molecular flexibility index (Phi) is 8.74. The van der Waals surface area contributed by atoms with Gasteiger partial charge in [0.15, 0.2) is 5.96 Å². The summed E-state index contributed by atoms with van der Waals surface area (Å²) >= 11 is 1.82. The number of thioether (sulfide) groups is 1. The van der Waals surface area contributed by atoms with Crippen LogP contribution in [0.2, 0.25) is 0 Å². The van der Waals surface area contributed by atoms with Crippen LogP contribution in [0.5, 0.6) is 5.75 Å². The van der Waals surface area contributed by atoms with Gasteiger partial charge in [0.05, 0.1) is 6.54 Å². The number of rotatable bonds is 8. The molecule has 0 radical (unpaired) electrons. The van der Waals surface area contributed by atoms with Crippen molar-refractivity contribution in [2.45, 2.75) is 26.9 Å². The van der Waals surface area contributed by atoms with Crippen LogP contribution in [0.3, 0.4) is 0 Å². The van der Waals surface area contributed by atoms with Gasteiger partial charge in [-0.2, -0.15) is 11.8 Å². The summed E-state index contributed by atoms with van der Waals surface area (Å²) in [4.78, 5) is 4.56. The zero-order valence-corrected chi connectivity index (χ0v) is 14.3. The second-order valence-corrected chi connectivity index (χ2v) is 5.87. The van der Waals surface area contributed by atoms with Crippen molar-refractivity contribution in [2.24, 2.45) is 4.99 Å². The predicted molar refractivity (Wildman–Crippen MR) is 93.6 cm³/mol. The first-order valence-corrected chi connectivity index (χ1v) is 8.79. The fourth-order valence-corrected chi connectivity index (χ4v) is 2.03. The smallest absolute Gasteiger partial charge is 0.191 e. The van der Waals surface area contributed by atoms with Crippen LogP contribution in [-0.2, 0) is 0 Å². The lowest BCUT2D eigenvalue weighted by Gasteiger charge is -2.15. The maximum Gasteiger partial charge on any atom is 0.191 e. The summed E-state index contributed by atoms with van der Waals surface area (Å²) < 4.78 is 5.86. The number of ether oxygens (including phenoxy) is 1. The van der Waals surface area contributed by atoms with Crippen LogP contribution in [0.4, 0.5) is 0 Å². The zero-order valence-electron chi connectivity index (χ0n) is 13.5. The number of guanidine groups is 1. The molecule has 0 fully saturated rings. The van der Waals surface area contributed by atoms with Crippen LogP contribution in [0.25, 0.3) is 0 Å². The van der Waals surface area contributed by atoms with Gasteiger partial charge in [0.2, 0.25) is 0 Å². The van der Waals surface area contributed by atoms with E-state index in [9.17, 15) is 0 Å². The third-order valence-corrected chi connectivity index (χ3v) is 3.42. The normalized spacial score (nSPS) is 12.9. The Morgan fingerprint density at radius 3 is 2.62 bits per heavy atom. The quantitative estimate of drug-likeness (QED) is 0.440. The van der Waals surface area contributed by atoms with E-state index >= 15 is 0 Å². The lowest BCUT2D eigenvalue weighted by Crippen LogP contribution is -2.39. The summed E-state index contributed by atoms with van der Waals surface area (Å²) in [5, 5.41) is 6.55. The predicted octanol–water partition coefficient (Wildman–Crippen LogP) is 2.68. The topological polar surface area (TPSA) is 45.7 Å². The van der Waals surface area contributed by atoms with E-state index in [4.69, 9.17) is 4.74 Å². The Morgan fingerprint density at radius 1 is 1.29 bits per heavy atom. The Bertz CT molecular complexity index is 420. The second-order valence-electron chi connectivity index (χ2n) is 4.88. The van der Waals surface area contributed by atoms with E-state index in [0.29, 0.717) is 6.54 Å². The van der Waals surface area contributed by atoms with Gasteiger partial charge in [-0.3, -0.25) is 0 Å².